The van der Waals surface area contributed by atoms with Crippen LogP contribution in [0.1, 0.15) is 33.1 Å². The fourth-order valence-electron chi connectivity index (χ4n) is 1.33. The minimum atomic E-state index is -4.33. The molecule has 0 aromatic carbocycles. The minimum Gasteiger partial charge on any atom is -0.334 e. The zero-order valence-corrected chi connectivity index (χ0v) is 9.68. The highest BCUT2D eigenvalue weighted by Gasteiger charge is 2.31. The summed E-state index contributed by atoms with van der Waals surface area (Å²) in [6, 6.07) is -0.0227. The molecule has 0 aromatic heterocycles. The highest BCUT2D eigenvalue weighted by molar-refractivity contribution is 5.76. The Morgan fingerprint density at radius 2 is 2.00 bits per heavy atom. The van der Waals surface area contributed by atoms with Gasteiger partial charge in [-0.2, -0.15) is 13.2 Å². The largest absolute Gasteiger partial charge is 0.406 e. The average molecular weight is 240 g/mol. The molecule has 0 aliphatic carbocycles. The number of carbonyl (C=O) groups is 1. The van der Waals surface area contributed by atoms with Crippen LogP contribution in [0.25, 0.3) is 0 Å². The predicted octanol–water partition coefficient (Wildman–Crippen LogP) is 1.91. The number of hydrogen-bond acceptors (Lipinski definition) is 2. The smallest absolute Gasteiger partial charge is 0.334 e. The molecule has 0 fully saturated rings. The lowest BCUT2D eigenvalue weighted by molar-refractivity contribution is -0.160. The Balaban J connectivity index is 4.02. The van der Waals surface area contributed by atoms with Gasteiger partial charge in [-0.3, -0.25) is 4.79 Å². The Bertz CT molecular complexity index is 217. The van der Waals surface area contributed by atoms with E-state index in [-0.39, 0.29) is 19.0 Å². The molecule has 0 spiro atoms. The van der Waals surface area contributed by atoms with Gasteiger partial charge in [0.2, 0.25) is 5.91 Å². The van der Waals surface area contributed by atoms with Crippen LogP contribution in [-0.2, 0) is 4.79 Å². The molecule has 0 heterocycles. The molecular formula is C10H19F3N2O. The minimum absolute atomic E-state index is 0.0227. The second-order valence-corrected chi connectivity index (χ2v) is 3.89. The number of amides is 1. The zero-order chi connectivity index (χ0) is 12.8. The van der Waals surface area contributed by atoms with Crippen molar-refractivity contribution in [3.05, 3.63) is 0 Å². The summed E-state index contributed by atoms with van der Waals surface area (Å²) in [5.41, 5.74) is 5.48. The second-order valence-electron chi connectivity index (χ2n) is 3.89. The molecule has 1 amide bonds. The van der Waals surface area contributed by atoms with Crippen LogP contribution in [0.15, 0.2) is 0 Å². The normalized spacial score (nSPS) is 13.6. The van der Waals surface area contributed by atoms with Crippen molar-refractivity contribution in [2.24, 2.45) is 5.73 Å². The van der Waals surface area contributed by atoms with Gasteiger partial charge in [0.15, 0.2) is 0 Å². The van der Waals surface area contributed by atoms with Crippen molar-refractivity contribution in [2.45, 2.75) is 45.3 Å². The maximum Gasteiger partial charge on any atom is 0.406 e. The van der Waals surface area contributed by atoms with Crippen molar-refractivity contribution in [2.75, 3.05) is 13.1 Å². The first-order chi connectivity index (χ1) is 7.26. The first-order valence-corrected chi connectivity index (χ1v) is 5.36. The van der Waals surface area contributed by atoms with E-state index >= 15 is 0 Å². The topological polar surface area (TPSA) is 46.3 Å². The Kier molecular flexibility index (Phi) is 6.40. The second kappa shape index (κ2) is 6.73. The van der Waals surface area contributed by atoms with Gasteiger partial charge in [0.05, 0.1) is 0 Å². The highest BCUT2D eigenvalue weighted by atomic mass is 19.4. The standard InChI is InChI=1S/C10H19F3N2O/c1-3-15(7-10(11,12)13)9(16)6-4-5-8(2)14/h8H,3-7,14H2,1-2H3. The van der Waals surface area contributed by atoms with Crippen molar-refractivity contribution >= 4 is 5.91 Å². The summed E-state index contributed by atoms with van der Waals surface area (Å²) >= 11 is 0. The molecule has 0 radical (unpaired) electrons. The molecular weight excluding hydrogens is 221 g/mol. The van der Waals surface area contributed by atoms with E-state index in [1.807, 2.05) is 0 Å². The molecule has 0 saturated carbocycles. The number of carbonyl (C=O) groups excluding carboxylic acids is 1. The number of rotatable bonds is 6. The van der Waals surface area contributed by atoms with Gasteiger partial charge in [-0.1, -0.05) is 0 Å². The Labute approximate surface area is 93.8 Å². The lowest BCUT2D eigenvalue weighted by Crippen LogP contribution is -2.38. The first-order valence-electron chi connectivity index (χ1n) is 5.36. The summed E-state index contributed by atoms with van der Waals surface area (Å²) in [6.45, 7) is 2.25. The molecule has 2 N–H and O–H groups in total. The maximum atomic E-state index is 12.1. The zero-order valence-electron chi connectivity index (χ0n) is 9.68. The average Bonchev–Trinajstić information content (AvgIpc) is 2.11. The van der Waals surface area contributed by atoms with Crippen LogP contribution in [0.3, 0.4) is 0 Å². The molecule has 6 heteroatoms. The molecule has 0 bridgehead atoms. The summed E-state index contributed by atoms with van der Waals surface area (Å²) in [4.78, 5) is 12.2. The summed E-state index contributed by atoms with van der Waals surface area (Å²) in [7, 11) is 0. The van der Waals surface area contributed by atoms with Crippen molar-refractivity contribution in [1.29, 1.82) is 0 Å². The van der Waals surface area contributed by atoms with Gasteiger partial charge < -0.3 is 10.6 Å². The molecule has 0 aliphatic heterocycles. The Morgan fingerprint density at radius 3 is 2.38 bits per heavy atom. The Hall–Kier alpha value is -0.780. The number of halogens is 3. The SMILES string of the molecule is CCN(CC(F)(F)F)C(=O)CCCC(C)N. The van der Waals surface area contributed by atoms with Crippen molar-refractivity contribution in [1.82, 2.24) is 4.90 Å². The fraction of sp³-hybridized carbons (Fsp3) is 0.900. The molecule has 0 rings (SSSR count). The summed E-state index contributed by atoms with van der Waals surface area (Å²) in [6.07, 6.45) is -3.02. The molecule has 1 unspecified atom stereocenters. The van der Waals surface area contributed by atoms with Gasteiger partial charge in [-0.05, 0) is 26.7 Å². The van der Waals surface area contributed by atoms with E-state index in [9.17, 15) is 18.0 Å². The van der Waals surface area contributed by atoms with Crippen LogP contribution >= 0.6 is 0 Å². The fourth-order valence-corrected chi connectivity index (χ4v) is 1.33. The molecule has 3 nitrogen and oxygen atoms in total. The van der Waals surface area contributed by atoms with Crippen LogP contribution in [0.4, 0.5) is 13.2 Å². The van der Waals surface area contributed by atoms with Crippen molar-refractivity contribution in [3.8, 4) is 0 Å². The van der Waals surface area contributed by atoms with Gasteiger partial charge in [0.25, 0.3) is 0 Å². The molecule has 0 aliphatic rings. The van der Waals surface area contributed by atoms with E-state index in [0.717, 1.165) is 4.90 Å². The van der Waals surface area contributed by atoms with Gasteiger partial charge >= 0.3 is 6.18 Å². The summed E-state index contributed by atoms with van der Waals surface area (Å²) in [5, 5.41) is 0. The predicted molar refractivity (Wildman–Crippen MR) is 55.8 cm³/mol. The van der Waals surface area contributed by atoms with E-state index in [0.29, 0.717) is 12.8 Å². The lowest BCUT2D eigenvalue weighted by Gasteiger charge is -2.22. The third-order valence-corrected chi connectivity index (χ3v) is 2.15. The van der Waals surface area contributed by atoms with E-state index in [4.69, 9.17) is 5.73 Å². The molecule has 16 heavy (non-hydrogen) atoms. The lowest BCUT2D eigenvalue weighted by atomic mass is 10.1. The van der Waals surface area contributed by atoms with Crippen LogP contribution in [0.2, 0.25) is 0 Å². The van der Waals surface area contributed by atoms with Crippen LogP contribution in [0.5, 0.6) is 0 Å². The first kappa shape index (κ1) is 15.2. The molecule has 96 valence electrons. The monoisotopic (exact) mass is 240 g/mol. The number of nitrogens with two attached hydrogens (primary N) is 1. The maximum absolute atomic E-state index is 12.1. The third-order valence-electron chi connectivity index (χ3n) is 2.15. The molecule has 1 atom stereocenters. The van der Waals surface area contributed by atoms with Crippen molar-refractivity contribution < 1.29 is 18.0 Å². The van der Waals surface area contributed by atoms with Gasteiger partial charge in [-0.15, -0.1) is 0 Å². The van der Waals surface area contributed by atoms with E-state index in [2.05, 4.69) is 0 Å². The van der Waals surface area contributed by atoms with Gasteiger partial charge in [-0.25, -0.2) is 0 Å². The van der Waals surface area contributed by atoms with E-state index in [1.54, 1.807) is 6.92 Å². The van der Waals surface area contributed by atoms with Crippen molar-refractivity contribution in [3.63, 3.8) is 0 Å². The Morgan fingerprint density at radius 1 is 1.44 bits per heavy atom. The highest BCUT2D eigenvalue weighted by Crippen LogP contribution is 2.17. The van der Waals surface area contributed by atoms with Crippen LogP contribution < -0.4 is 5.73 Å². The van der Waals surface area contributed by atoms with E-state index in [1.165, 1.54) is 6.92 Å². The summed E-state index contributed by atoms with van der Waals surface area (Å²) < 4.78 is 36.3. The van der Waals surface area contributed by atoms with Crippen LogP contribution in [-0.4, -0.2) is 36.1 Å². The van der Waals surface area contributed by atoms with Gasteiger partial charge in [0, 0.05) is 19.0 Å². The number of hydrogen-bond donors (Lipinski definition) is 1. The van der Waals surface area contributed by atoms with Gasteiger partial charge in [0.1, 0.15) is 6.54 Å². The number of nitrogens with zero attached hydrogens (tertiary/aromatic N) is 1. The third kappa shape index (κ3) is 7.50. The number of alkyl halides is 3. The van der Waals surface area contributed by atoms with E-state index < -0.39 is 18.6 Å². The molecule has 0 saturated heterocycles. The summed E-state index contributed by atoms with van der Waals surface area (Å²) in [5.74, 6) is -0.458. The molecule has 0 aromatic rings. The quantitative estimate of drug-likeness (QED) is 0.771. The van der Waals surface area contributed by atoms with Crippen LogP contribution in [0, 0.1) is 0 Å².